The number of thioether (sulfide) groups is 1. The predicted molar refractivity (Wildman–Crippen MR) is 83.2 cm³/mol. The van der Waals surface area contributed by atoms with Crippen molar-refractivity contribution in [3.63, 3.8) is 0 Å². The van der Waals surface area contributed by atoms with Crippen molar-refractivity contribution in [2.24, 2.45) is 0 Å². The fourth-order valence-electron chi connectivity index (χ4n) is 2.39. The molecule has 1 aromatic rings. The van der Waals surface area contributed by atoms with Gasteiger partial charge in [0.2, 0.25) is 5.91 Å². The number of rotatable bonds is 5. The van der Waals surface area contributed by atoms with Gasteiger partial charge in [0, 0.05) is 11.4 Å². The van der Waals surface area contributed by atoms with Crippen molar-refractivity contribution in [2.45, 2.75) is 48.4 Å². The SMILES string of the molecule is CC(Sc1ccccc1Cl)C(=O)NCC1(O)CCCC1. The highest BCUT2D eigenvalue weighted by molar-refractivity contribution is 8.00. The molecule has 2 rings (SSSR count). The Morgan fingerprint density at radius 2 is 2.10 bits per heavy atom. The van der Waals surface area contributed by atoms with Gasteiger partial charge in [-0.1, -0.05) is 36.6 Å². The van der Waals surface area contributed by atoms with Crippen LogP contribution in [0.5, 0.6) is 0 Å². The topological polar surface area (TPSA) is 49.3 Å². The van der Waals surface area contributed by atoms with Crippen LogP contribution in [0.25, 0.3) is 0 Å². The van der Waals surface area contributed by atoms with Crippen LogP contribution in [0.1, 0.15) is 32.6 Å². The van der Waals surface area contributed by atoms with E-state index in [9.17, 15) is 9.90 Å². The Hall–Kier alpha value is -0.710. The second kappa shape index (κ2) is 6.83. The third-order valence-corrected chi connectivity index (χ3v) is 5.25. The molecule has 1 fully saturated rings. The van der Waals surface area contributed by atoms with E-state index in [4.69, 9.17) is 11.6 Å². The Morgan fingerprint density at radius 1 is 1.45 bits per heavy atom. The molecule has 0 aromatic heterocycles. The van der Waals surface area contributed by atoms with Gasteiger partial charge in [0.25, 0.3) is 0 Å². The number of hydrogen-bond acceptors (Lipinski definition) is 3. The molecule has 0 saturated heterocycles. The molecule has 1 aromatic carbocycles. The van der Waals surface area contributed by atoms with Gasteiger partial charge >= 0.3 is 0 Å². The summed E-state index contributed by atoms with van der Waals surface area (Å²) in [5.41, 5.74) is -0.704. The molecule has 0 bridgehead atoms. The smallest absolute Gasteiger partial charge is 0.233 e. The van der Waals surface area contributed by atoms with Gasteiger partial charge in [-0.2, -0.15) is 0 Å². The van der Waals surface area contributed by atoms with Crippen molar-refractivity contribution >= 4 is 29.3 Å². The van der Waals surface area contributed by atoms with E-state index in [-0.39, 0.29) is 11.2 Å². The summed E-state index contributed by atoms with van der Waals surface area (Å²) in [6, 6.07) is 7.49. The quantitative estimate of drug-likeness (QED) is 0.820. The minimum atomic E-state index is -0.704. The van der Waals surface area contributed by atoms with Crippen LogP contribution in [0, 0.1) is 0 Å². The summed E-state index contributed by atoms with van der Waals surface area (Å²) in [5.74, 6) is -0.0600. The molecule has 1 unspecified atom stereocenters. The lowest BCUT2D eigenvalue weighted by atomic mass is 10.0. The summed E-state index contributed by atoms with van der Waals surface area (Å²) in [7, 11) is 0. The first-order chi connectivity index (χ1) is 9.50. The summed E-state index contributed by atoms with van der Waals surface area (Å²) in [4.78, 5) is 13.0. The Bertz CT molecular complexity index is 475. The number of hydrogen-bond donors (Lipinski definition) is 2. The lowest BCUT2D eigenvalue weighted by molar-refractivity contribution is -0.121. The summed E-state index contributed by atoms with van der Waals surface area (Å²) in [5, 5.41) is 13.5. The average Bonchev–Trinajstić information content (AvgIpc) is 2.86. The Balaban J connectivity index is 1.84. The molecule has 5 heteroatoms. The number of aliphatic hydroxyl groups is 1. The van der Waals surface area contributed by atoms with E-state index >= 15 is 0 Å². The van der Waals surface area contributed by atoms with Crippen LogP contribution in [0.3, 0.4) is 0 Å². The number of nitrogens with one attached hydrogen (secondary N) is 1. The van der Waals surface area contributed by atoms with E-state index in [0.29, 0.717) is 11.6 Å². The lowest BCUT2D eigenvalue weighted by Crippen LogP contribution is -2.43. The Kier molecular flexibility index (Phi) is 5.35. The lowest BCUT2D eigenvalue weighted by Gasteiger charge is -2.23. The summed E-state index contributed by atoms with van der Waals surface area (Å²) in [6.07, 6.45) is 3.63. The molecule has 1 aliphatic carbocycles. The zero-order chi connectivity index (χ0) is 14.6. The van der Waals surface area contributed by atoms with Gasteiger partial charge in [-0.15, -0.1) is 11.8 Å². The molecule has 0 aliphatic heterocycles. The standard InChI is InChI=1S/C15H20ClNO2S/c1-11(20-13-7-3-2-6-12(13)16)14(18)17-10-15(19)8-4-5-9-15/h2-3,6-7,11,19H,4-5,8-10H2,1H3,(H,17,18). The van der Waals surface area contributed by atoms with Gasteiger partial charge in [-0.25, -0.2) is 0 Å². The van der Waals surface area contributed by atoms with Gasteiger partial charge in [-0.3, -0.25) is 4.79 Å². The molecule has 1 amide bonds. The number of amides is 1. The molecular formula is C15H20ClNO2S. The Labute approximate surface area is 129 Å². The first-order valence-corrected chi connectivity index (χ1v) is 8.17. The first-order valence-electron chi connectivity index (χ1n) is 6.91. The maximum Gasteiger partial charge on any atom is 0.233 e. The second-order valence-corrected chi connectivity index (χ2v) is 7.13. The van der Waals surface area contributed by atoms with Crippen LogP contribution in [0.2, 0.25) is 5.02 Å². The van der Waals surface area contributed by atoms with E-state index in [2.05, 4.69) is 5.32 Å². The van der Waals surface area contributed by atoms with Crippen molar-refractivity contribution in [3.8, 4) is 0 Å². The highest BCUT2D eigenvalue weighted by Crippen LogP contribution is 2.31. The molecular weight excluding hydrogens is 294 g/mol. The number of benzene rings is 1. The normalized spacial score (nSPS) is 18.8. The molecule has 0 radical (unpaired) electrons. The van der Waals surface area contributed by atoms with E-state index in [1.54, 1.807) is 0 Å². The maximum absolute atomic E-state index is 12.1. The molecule has 20 heavy (non-hydrogen) atoms. The number of carbonyl (C=O) groups excluding carboxylic acids is 1. The van der Waals surface area contributed by atoms with E-state index in [1.807, 2.05) is 31.2 Å². The van der Waals surface area contributed by atoms with Crippen molar-refractivity contribution in [3.05, 3.63) is 29.3 Å². The molecule has 1 aliphatic rings. The van der Waals surface area contributed by atoms with Gasteiger partial charge in [-0.05, 0) is 31.9 Å². The summed E-state index contributed by atoms with van der Waals surface area (Å²) in [6.45, 7) is 2.20. The van der Waals surface area contributed by atoms with Crippen molar-refractivity contribution in [1.82, 2.24) is 5.32 Å². The summed E-state index contributed by atoms with van der Waals surface area (Å²) < 4.78 is 0. The van der Waals surface area contributed by atoms with Crippen molar-refractivity contribution < 1.29 is 9.90 Å². The third kappa shape index (κ3) is 4.14. The highest BCUT2D eigenvalue weighted by atomic mass is 35.5. The molecule has 0 spiro atoms. The largest absolute Gasteiger partial charge is 0.388 e. The number of carbonyl (C=O) groups is 1. The van der Waals surface area contributed by atoms with Gasteiger partial charge in [0.15, 0.2) is 0 Å². The zero-order valence-electron chi connectivity index (χ0n) is 11.6. The average molecular weight is 314 g/mol. The predicted octanol–water partition coefficient (Wildman–Crippen LogP) is 3.24. The minimum Gasteiger partial charge on any atom is -0.388 e. The Morgan fingerprint density at radius 3 is 2.75 bits per heavy atom. The second-order valence-electron chi connectivity index (χ2n) is 5.34. The van der Waals surface area contributed by atoms with Crippen LogP contribution >= 0.6 is 23.4 Å². The van der Waals surface area contributed by atoms with Gasteiger partial charge in [0.05, 0.1) is 15.9 Å². The third-order valence-electron chi connectivity index (χ3n) is 3.64. The van der Waals surface area contributed by atoms with Crippen LogP contribution in [0.4, 0.5) is 0 Å². The highest BCUT2D eigenvalue weighted by Gasteiger charge is 2.31. The first kappa shape index (κ1) is 15.7. The van der Waals surface area contributed by atoms with Crippen molar-refractivity contribution in [1.29, 1.82) is 0 Å². The van der Waals surface area contributed by atoms with Crippen LogP contribution in [-0.4, -0.2) is 28.4 Å². The zero-order valence-corrected chi connectivity index (χ0v) is 13.1. The molecule has 3 nitrogen and oxygen atoms in total. The van der Waals surface area contributed by atoms with Crippen molar-refractivity contribution in [2.75, 3.05) is 6.54 Å². The molecule has 0 heterocycles. The molecule has 110 valence electrons. The minimum absolute atomic E-state index is 0.0600. The fourth-order valence-corrected chi connectivity index (χ4v) is 3.57. The molecule has 2 N–H and O–H groups in total. The molecule has 1 saturated carbocycles. The molecule has 1 atom stereocenters. The van der Waals surface area contributed by atoms with E-state index < -0.39 is 5.60 Å². The van der Waals surface area contributed by atoms with Gasteiger partial charge < -0.3 is 10.4 Å². The maximum atomic E-state index is 12.1. The summed E-state index contributed by atoms with van der Waals surface area (Å²) >= 11 is 7.52. The van der Waals surface area contributed by atoms with E-state index in [1.165, 1.54) is 11.8 Å². The van der Waals surface area contributed by atoms with E-state index in [0.717, 1.165) is 30.6 Å². The van der Waals surface area contributed by atoms with Crippen LogP contribution in [-0.2, 0) is 4.79 Å². The number of halogens is 1. The van der Waals surface area contributed by atoms with Crippen LogP contribution < -0.4 is 5.32 Å². The monoisotopic (exact) mass is 313 g/mol. The fraction of sp³-hybridized carbons (Fsp3) is 0.533. The van der Waals surface area contributed by atoms with Crippen LogP contribution in [0.15, 0.2) is 29.2 Å². The van der Waals surface area contributed by atoms with Gasteiger partial charge in [0.1, 0.15) is 0 Å².